The van der Waals surface area contributed by atoms with Crippen molar-refractivity contribution in [1.82, 2.24) is 14.7 Å². The van der Waals surface area contributed by atoms with E-state index in [4.69, 9.17) is 4.98 Å². The summed E-state index contributed by atoms with van der Waals surface area (Å²) in [6, 6.07) is 7.55. The average molecular weight is 499 g/mol. The number of aliphatic hydroxyl groups is 1. The van der Waals surface area contributed by atoms with Crippen LogP contribution in [-0.4, -0.2) is 51.8 Å². The van der Waals surface area contributed by atoms with Crippen LogP contribution >= 0.6 is 11.9 Å². The normalized spacial score (nSPS) is 17.4. The van der Waals surface area contributed by atoms with Gasteiger partial charge in [0.05, 0.1) is 18.3 Å². The SMILES string of the molecule is CC(C)(C)NSc1cccc(C(=O)Nc2ncc(NC(C)(C)CO)nc2N2CCC3(CC2)CC3)c1. The Hall–Kier alpha value is -2.36. The first kappa shape index (κ1) is 25.7. The van der Waals surface area contributed by atoms with Gasteiger partial charge in [0.25, 0.3) is 5.91 Å². The monoisotopic (exact) mass is 498 g/mol. The lowest BCUT2D eigenvalue weighted by Gasteiger charge is -2.34. The maximum Gasteiger partial charge on any atom is 0.256 e. The molecule has 190 valence electrons. The molecular formula is C26H38N6O2S. The Labute approximate surface area is 212 Å². The lowest BCUT2D eigenvalue weighted by atomic mass is 9.94. The van der Waals surface area contributed by atoms with E-state index >= 15 is 0 Å². The molecule has 1 saturated heterocycles. The highest BCUT2D eigenvalue weighted by Gasteiger charge is 2.45. The van der Waals surface area contributed by atoms with Crippen LogP contribution in [0.2, 0.25) is 0 Å². The number of aliphatic hydroxyl groups excluding tert-OH is 1. The molecule has 4 N–H and O–H groups in total. The Balaban J connectivity index is 1.54. The molecule has 0 bridgehead atoms. The van der Waals surface area contributed by atoms with Crippen LogP contribution in [0.5, 0.6) is 0 Å². The summed E-state index contributed by atoms with van der Waals surface area (Å²) in [4.78, 5) is 25.8. The number of carbonyl (C=O) groups excluding carboxylic acids is 1. The number of hydrogen-bond donors (Lipinski definition) is 4. The summed E-state index contributed by atoms with van der Waals surface area (Å²) in [5.74, 6) is 1.49. The van der Waals surface area contributed by atoms with E-state index < -0.39 is 5.54 Å². The van der Waals surface area contributed by atoms with E-state index in [1.165, 1.54) is 24.8 Å². The molecule has 9 heteroatoms. The number of piperidine rings is 1. The summed E-state index contributed by atoms with van der Waals surface area (Å²) in [6.07, 6.45) is 6.54. The lowest BCUT2D eigenvalue weighted by Crippen LogP contribution is -2.37. The summed E-state index contributed by atoms with van der Waals surface area (Å²) >= 11 is 1.51. The number of aromatic nitrogens is 2. The second-order valence-electron chi connectivity index (χ2n) is 11.5. The zero-order chi connectivity index (χ0) is 25.3. The number of nitrogens with one attached hydrogen (secondary N) is 3. The van der Waals surface area contributed by atoms with Crippen LogP contribution in [0.3, 0.4) is 0 Å². The minimum Gasteiger partial charge on any atom is -0.394 e. The van der Waals surface area contributed by atoms with Crippen LogP contribution in [-0.2, 0) is 0 Å². The van der Waals surface area contributed by atoms with Crippen molar-refractivity contribution in [2.45, 2.75) is 76.3 Å². The van der Waals surface area contributed by atoms with Crippen molar-refractivity contribution in [3.63, 3.8) is 0 Å². The third kappa shape index (κ3) is 6.86. The fourth-order valence-electron chi connectivity index (χ4n) is 4.10. The Bertz CT molecular complexity index is 1050. The maximum absolute atomic E-state index is 13.2. The molecule has 1 aromatic heterocycles. The van der Waals surface area contributed by atoms with E-state index in [0.717, 1.165) is 30.8 Å². The Morgan fingerprint density at radius 1 is 1.14 bits per heavy atom. The summed E-state index contributed by atoms with van der Waals surface area (Å²) in [7, 11) is 0. The van der Waals surface area contributed by atoms with E-state index in [1.54, 1.807) is 12.3 Å². The first-order valence-electron chi connectivity index (χ1n) is 12.3. The molecule has 8 nitrogen and oxygen atoms in total. The second kappa shape index (κ2) is 9.95. The van der Waals surface area contributed by atoms with Gasteiger partial charge in [-0.3, -0.25) is 9.52 Å². The van der Waals surface area contributed by atoms with E-state index in [-0.39, 0.29) is 18.1 Å². The van der Waals surface area contributed by atoms with E-state index in [1.807, 2.05) is 32.0 Å². The van der Waals surface area contributed by atoms with Crippen molar-refractivity contribution in [3.05, 3.63) is 36.0 Å². The third-order valence-corrected chi connectivity index (χ3v) is 7.70. The van der Waals surface area contributed by atoms with E-state index in [2.05, 4.69) is 46.0 Å². The summed E-state index contributed by atoms with van der Waals surface area (Å²) < 4.78 is 3.38. The van der Waals surface area contributed by atoms with E-state index in [9.17, 15) is 9.90 Å². The molecule has 35 heavy (non-hydrogen) atoms. The van der Waals surface area contributed by atoms with Gasteiger partial charge >= 0.3 is 0 Å². The lowest BCUT2D eigenvalue weighted by molar-refractivity contribution is 0.102. The molecule has 1 amide bonds. The number of rotatable bonds is 8. The van der Waals surface area contributed by atoms with Gasteiger partial charge in [-0.05, 0) is 95.9 Å². The highest BCUT2D eigenvalue weighted by atomic mass is 32.2. The van der Waals surface area contributed by atoms with Crippen molar-refractivity contribution < 1.29 is 9.90 Å². The number of carbonyl (C=O) groups is 1. The van der Waals surface area contributed by atoms with Crippen LogP contribution in [0, 0.1) is 5.41 Å². The Morgan fingerprint density at radius 3 is 2.49 bits per heavy atom. The quantitative estimate of drug-likeness (QED) is 0.389. The number of benzene rings is 1. The molecular weight excluding hydrogens is 460 g/mol. The van der Waals surface area contributed by atoms with Crippen LogP contribution in [0.1, 0.15) is 70.7 Å². The van der Waals surface area contributed by atoms with Crippen LogP contribution in [0.15, 0.2) is 35.4 Å². The van der Waals surface area contributed by atoms with Crippen molar-refractivity contribution in [2.75, 3.05) is 35.2 Å². The van der Waals surface area contributed by atoms with Crippen molar-refractivity contribution in [1.29, 1.82) is 0 Å². The fourth-order valence-corrected chi connectivity index (χ4v) is 4.85. The largest absolute Gasteiger partial charge is 0.394 e. The van der Waals surface area contributed by atoms with Crippen molar-refractivity contribution in [2.24, 2.45) is 5.41 Å². The number of amides is 1. The van der Waals surface area contributed by atoms with Crippen LogP contribution in [0.25, 0.3) is 0 Å². The summed E-state index contributed by atoms with van der Waals surface area (Å²) in [5.41, 5.74) is 0.524. The average Bonchev–Trinajstić information content (AvgIpc) is 3.57. The molecule has 1 aliphatic carbocycles. The van der Waals surface area contributed by atoms with Crippen molar-refractivity contribution in [3.8, 4) is 0 Å². The molecule has 2 aromatic rings. The molecule has 0 unspecified atom stereocenters. The molecule has 2 heterocycles. The first-order valence-corrected chi connectivity index (χ1v) is 13.2. The van der Waals surface area contributed by atoms with Gasteiger partial charge in [0.2, 0.25) is 0 Å². The standard InChI is InChI=1S/C26H38N6O2S/c1-24(2,3)31-35-19-8-6-7-18(15-19)23(34)29-21-22(32-13-11-26(9-10-26)12-14-32)28-20(16-27-21)30-25(4,5)17-33/h6-8,15-16,31,33H,9-14,17H2,1-5H3,(H,28,30)(H,27,29,34). The molecule has 4 rings (SSSR count). The van der Waals surface area contributed by atoms with Crippen molar-refractivity contribution >= 4 is 35.3 Å². The van der Waals surface area contributed by atoms with Gasteiger partial charge in [-0.2, -0.15) is 0 Å². The highest BCUT2D eigenvalue weighted by molar-refractivity contribution is 7.97. The first-order chi connectivity index (χ1) is 16.5. The predicted octanol–water partition coefficient (Wildman–Crippen LogP) is 4.69. The van der Waals surface area contributed by atoms with Gasteiger partial charge in [0, 0.05) is 29.1 Å². The molecule has 1 aromatic carbocycles. The highest BCUT2D eigenvalue weighted by Crippen LogP contribution is 2.54. The van der Waals surface area contributed by atoms with Gasteiger partial charge in [0.1, 0.15) is 5.82 Å². The molecule has 0 radical (unpaired) electrons. The minimum absolute atomic E-state index is 0.0346. The zero-order valence-corrected chi connectivity index (χ0v) is 22.3. The molecule has 0 atom stereocenters. The molecule has 2 fully saturated rings. The van der Waals surface area contributed by atoms with E-state index in [0.29, 0.717) is 28.4 Å². The molecule has 2 aliphatic rings. The molecule has 1 spiro atoms. The smallest absolute Gasteiger partial charge is 0.256 e. The van der Waals surface area contributed by atoms with Gasteiger partial charge < -0.3 is 20.6 Å². The van der Waals surface area contributed by atoms with Crippen LogP contribution < -0.4 is 20.3 Å². The predicted molar refractivity (Wildman–Crippen MR) is 143 cm³/mol. The van der Waals surface area contributed by atoms with Gasteiger partial charge in [-0.1, -0.05) is 6.07 Å². The van der Waals surface area contributed by atoms with Gasteiger partial charge in [0.15, 0.2) is 11.6 Å². The second-order valence-corrected chi connectivity index (χ2v) is 12.4. The van der Waals surface area contributed by atoms with Gasteiger partial charge in [-0.15, -0.1) is 0 Å². The minimum atomic E-state index is -0.532. The Morgan fingerprint density at radius 2 is 1.86 bits per heavy atom. The zero-order valence-electron chi connectivity index (χ0n) is 21.4. The summed E-state index contributed by atoms with van der Waals surface area (Å²) in [5, 5.41) is 15.9. The number of anilines is 3. The number of nitrogens with zero attached hydrogens (tertiary/aromatic N) is 3. The summed E-state index contributed by atoms with van der Waals surface area (Å²) in [6.45, 7) is 11.9. The fraction of sp³-hybridized carbons (Fsp3) is 0.577. The Kier molecular flexibility index (Phi) is 7.31. The number of hydrogen-bond acceptors (Lipinski definition) is 8. The topological polar surface area (TPSA) is 102 Å². The third-order valence-electron chi connectivity index (χ3n) is 6.50. The maximum atomic E-state index is 13.2. The van der Waals surface area contributed by atoms with Crippen LogP contribution in [0.4, 0.5) is 17.5 Å². The van der Waals surface area contributed by atoms with Gasteiger partial charge in [-0.25, -0.2) is 9.97 Å². The molecule has 1 aliphatic heterocycles. The molecule has 1 saturated carbocycles.